The van der Waals surface area contributed by atoms with Crippen LogP contribution in [0, 0.1) is 0 Å². The van der Waals surface area contributed by atoms with Crippen LogP contribution in [0.2, 0.25) is 0 Å². The second-order valence-electron chi connectivity index (χ2n) is 6.11. The van der Waals surface area contributed by atoms with Crippen molar-refractivity contribution in [3.63, 3.8) is 0 Å². The molecule has 0 fully saturated rings. The van der Waals surface area contributed by atoms with Crippen molar-refractivity contribution in [2.45, 2.75) is 33.1 Å². The van der Waals surface area contributed by atoms with Gasteiger partial charge in [0.25, 0.3) is 11.8 Å². The third-order valence-electron chi connectivity index (χ3n) is 3.54. The molecular weight excluding hydrogens is 304 g/mol. The Morgan fingerprint density at radius 1 is 1.04 bits per heavy atom. The van der Waals surface area contributed by atoms with Gasteiger partial charge in [-0.1, -0.05) is 19.9 Å². The number of pyridine rings is 1. The Morgan fingerprint density at radius 2 is 1.67 bits per heavy atom. The summed E-state index contributed by atoms with van der Waals surface area (Å²) in [5.41, 5.74) is 0.622. The smallest absolute Gasteiger partial charge is 0.272 e. The number of aromatic nitrogens is 1. The molecule has 0 bridgehead atoms. The highest BCUT2D eigenvalue weighted by molar-refractivity contribution is 5.96. The second kappa shape index (κ2) is 10.8. The Hall–Kier alpha value is -1.95. The van der Waals surface area contributed by atoms with Crippen LogP contribution < -0.4 is 5.32 Å². The highest BCUT2D eigenvalue weighted by atomic mass is 16.2. The monoisotopic (exact) mass is 334 g/mol. The van der Waals surface area contributed by atoms with Gasteiger partial charge in [-0.3, -0.25) is 9.59 Å². The average Bonchev–Trinajstić information content (AvgIpc) is 2.57. The molecule has 134 valence electrons. The van der Waals surface area contributed by atoms with E-state index in [9.17, 15) is 9.59 Å². The first-order valence-electron chi connectivity index (χ1n) is 8.68. The molecule has 0 aliphatic heterocycles. The van der Waals surface area contributed by atoms with Crippen LogP contribution in [0.25, 0.3) is 0 Å². The maximum Gasteiger partial charge on any atom is 0.272 e. The van der Waals surface area contributed by atoms with Gasteiger partial charge in [0.2, 0.25) is 0 Å². The maximum absolute atomic E-state index is 12.6. The van der Waals surface area contributed by atoms with Crippen LogP contribution in [0.4, 0.5) is 0 Å². The zero-order chi connectivity index (χ0) is 17.9. The highest BCUT2D eigenvalue weighted by Crippen LogP contribution is 2.06. The molecule has 6 heteroatoms. The molecule has 0 atom stereocenters. The predicted octanol–water partition coefficient (Wildman–Crippen LogP) is 2.03. The molecule has 1 heterocycles. The molecule has 0 aliphatic carbocycles. The van der Waals surface area contributed by atoms with E-state index in [1.54, 1.807) is 23.1 Å². The molecule has 0 radical (unpaired) electrons. The fourth-order valence-corrected chi connectivity index (χ4v) is 2.38. The van der Waals surface area contributed by atoms with Gasteiger partial charge in [0.15, 0.2) is 0 Å². The molecule has 0 aromatic carbocycles. The van der Waals surface area contributed by atoms with E-state index in [2.05, 4.69) is 15.2 Å². The van der Waals surface area contributed by atoms with Gasteiger partial charge in [0, 0.05) is 19.6 Å². The first-order valence-corrected chi connectivity index (χ1v) is 8.68. The molecule has 1 aromatic rings. The third-order valence-corrected chi connectivity index (χ3v) is 3.54. The maximum atomic E-state index is 12.6. The van der Waals surface area contributed by atoms with E-state index in [-0.39, 0.29) is 11.8 Å². The first kappa shape index (κ1) is 20.1. The Morgan fingerprint density at radius 3 is 2.25 bits per heavy atom. The SMILES string of the molecule is CCCN(CCC)C(=O)c1cccc(C(=O)NCCCN(C)C)n1. The van der Waals surface area contributed by atoms with E-state index in [0.29, 0.717) is 31.0 Å². The van der Waals surface area contributed by atoms with E-state index < -0.39 is 0 Å². The first-order chi connectivity index (χ1) is 11.5. The standard InChI is InChI=1S/C18H30N4O2/c1-5-12-22(13-6-2)18(24)16-10-7-9-15(20-16)17(23)19-11-8-14-21(3)4/h7,9-10H,5-6,8,11-14H2,1-4H3,(H,19,23). The van der Waals surface area contributed by atoms with Crippen LogP contribution >= 0.6 is 0 Å². The summed E-state index contributed by atoms with van der Waals surface area (Å²) in [4.78, 5) is 32.9. The van der Waals surface area contributed by atoms with Crippen LogP contribution in [0.3, 0.4) is 0 Å². The minimum atomic E-state index is -0.235. The molecule has 6 nitrogen and oxygen atoms in total. The summed E-state index contributed by atoms with van der Waals surface area (Å²) in [6.07, 6.45) is 2.67. The quantitative estimate of drug-likeness (QED) is 0.665. The van der Waals surface area contributed by atoms with Gasteiger partial charge in [-0.25, -0.2) is 4.98 Å². The summed E-state index contributed by atoms with van der Waals surface area (Å²) in [6.45, 7) is 7.00. The molecule has 0 spiro atoms. The number of amides is 2. The van der Waals surface area contributed by atoms with Crippen LogP contribution in [0.5, 0.6) is 0 Å². The van der Waals surface area contributed by atoms with Gasteiger partial charge in [0.05, 0.1) is 0 Å². The van der Waals surface area contributed by atoms with Crippen molar-refractivity contribution in [2.24, 2.45) is 0 Å². The Balaban J connectivity index is 2.70. The van der Waals surface area contributed by atoms with Crippen molar-refractivity contribution >= 4 is 11.8 Å². The number of nitrogens with zero attached hydrogens (tertiary/aromatic N) is 3. The number of hydrogen-bond donors (Lipinski definition) is 1. The summed E-state index contributed by atoms with van der Waals surface area (Å²) in [7, 11) is 3.99. The molecule has 2 amide bonds. The van der Waals surface area contributed by atoms with Crippen LogP contribution in [-0.2, 0) is 0 Å². The van der Waals surface area contributed by atoms with Gasteiger partial charge < -0.3 is 15.1 Å². The topological polar surface area (TPSA) is 65.5 Å². The molecule has 0 aliphatic rings. The summed E-state index contributed by atoms with van der Waals surface area (Å²) in [5, 5.41) is 2.85. The molecule has 1 N–H and O–H groups in total. The van der Waals surface area contributed by atoms with E-state index in [1.165, 1.54) is 0 Å². The van der Waals surface area contributed by atoms with Crippen LogP contribution in [-0.4, -0.2) is 66.9 Å². The minimum absolute atomic E-state index is 0.110. The van der Waals surface area contributed by atoms with Crippen molar-refractivity contribution in [3.05, 3.63) is 29.6 Å². The van der Waals surface area contributed by atoms with Crippen LogP contribution in [0.1, 0.15) is 54.1 Å². The van der Waals surface area contributed by atoms with E-state index in [4.69, 9.17) is 0 Å². The molecule has 1 aromatic heterocycles. The Labute approximate surface area is 145 Å². The van der Waals surface area contributed by atoms with E-state index in [0.717, 1.165) is 25.8 Å². The molecule has 0 unspecified atom stereocenters. The van der Waals surface area contributed by atoms with Crippen molar-refractivity contribution in [3.8, 4) is 0 Å². The lowest BCUT2D eigenvalue weighted by atomic mass is 10.2. The summed E-state index contributed by atoms with van der Waals surface area (Å²) < 4.78 is 0. The molecule has 24 heavy (non-hydrogen) atoms. The van der Waals surface area contributed by atoms with E-state index in [1.807, 2.05) is 27.9 Å². The predicted molar refractivity (Wildman–Crippen MR) is 96.2 cm³/mol. The zero-order valence-corrected chi connectivity index (χ0v) is 15.3. The molecule has 0 saturated carbocycles. The molecule has 1 rings (SSSR count). The highest BCUT2D eigenvalue weighted by Gasteiger charge is 2.17. The minimum Gasteiger partial charge on any atom is -0.351 e. The lowest BCUT2D eigenvalue weighted by Crippen LogP contribution is -2.34. The normalized spacial score (nSPS) is 10.7. The fourth-order valence-electron chi connectivity index (χ4n) is 2.38. The van der Waals surface area contributed by atoms with E-state index >= 15 is 0 Å². The fraction of sp³-hybridized carbons (Fsp3) is 0.611. The number of carbonyl (C=O) groups is 2. The Bertz CT molecular complexity index is 526. The van der Waals surface area contributed by atoms with Crippen molar-refractivity contribution in [2.75, 3.05) is 40.3 Å². The van der Waals surface area contributed by atoms with Crippen molar-refractivity contribution in [1.29, 1.82) is 0 Å². The molecular formula is C18H30N4O2. The van der Waals surface area contributed by atoms with Crippen molar-refractivity contribution < 1.29 is 9.59 Å². The second-order valence-corrected chi connectivity index (χ2v) is 6.11. The third kappa shape index (κ3) is 6.66. The zero-order valence-electron chi connectivity index (χ0n) is 15.3. The number of rotatable bonds is 10. The van der Waals surface area contributed by atoms with Crippen LogP contribution in [0.15, 0.2) is 18.2 Å². The van der Waals surface area contributed by atoms with Gasteiger partial charge in [0.1, 0.15) is 11.4 Å². The summed E-state index contributed by atoms with van der Waals surface area (Å²) in [6, 6.07) is 5.02. The Kier molecular flexibility index (Phi) is 9.01. The van der Waals surface area contributed by atoms with Gasteiger partial charge in [-0.15, -0.1) is 0 Å². The number of carbonyl (C=O) groups excluding carboxylic acids is 2. The molecule has 0 saturated heterocycles. The lowest BCUT2D eigenvalue weighted by Gasteiger charge is -2.21. The van der Waals surface area contributed by atoms with Gasteiger partial charge >= 0.3 is 0 Å². The summed E-state index contributed by atoms with van der Waals surface area (Å²) in [5.74, 6) is -0.345. The lowest BCUT2D eigenvalue weighted by molar-refractivity contribution is 0.0749. The largest absolute Gasteiger partial charge is 0.351 e. The number of nitrogens with one attached hydrogen (secondary N) is 1. The van der Waals surface area contributed by atoms with Gasteiger partial charge in [-0.05, 0) is 52.0 Å². The summed E-state index contributed by atoms with van der Waals surface area (Å²) >= 11 is 0. The van der Waals surface area contributed by atoms with Gasteiger partial charge in [-0.2, -0.15) is 0 Å². The van der Waals surface area contributed by atoms with Crippen molar-refractivity contribution in [1.82, 2.24) is 20.1 Å². The average molecular weight is 334 g/mol. The number of hydrogen-bond acceptors (Lipinski definition) is 4.